The molecule has 1 aromatic heterocycles. The van der Waals surface area contributed by atoms with Crippen molar-refractivity contribution in [2.24, 2.45) is 5.73 Å². The highest BCUT2D eigenvalue weighted by Crippen LogP contribution is 2.13. The maximum atomic E-state index is 12.1. The van der Waals surface area contributed by atoms with Gasteiger partial charge in [-0.3, -0.25) is 19.5 Å². The van der Waals surface area contributed by atoms with Crippen molar-refractivity contribution in [2.45, 2.75) is 0 Å². The second-order valence-corrected chi connectivity index (χ2v) is 5.80. The van der Waals surface area contributed by atoms with E-state index in [1.165, 1.54) is 6.20 Å². The third-order valence-corrected chi connectivity index (χ3v) is 4.00. The smallest absolute Gasteiger partial charge is 0.268 e. The lowest BCUT2D eigenvalue weighted by molar-refractivity contribution is -0.117. The van der Waals surface area contributed by atoms with Gasteiger partial charge in [-0.2, -0.15) is 0 Å². The number of carbonyl (C=O) groups is 2. The first-order valence-electron chi connectivity index (χ1n) is 8.06. The zero-order chi connectivity index (χ0) is 17.6. The number of benzene rings is 1. The Hall–Kier alpha value is -3.00. The molecular formula is C17H20N6O2. The summed E-state index contributed by atoms with van der Waals surface area (Å²) in [5, 5.41) is 2.88. The molecule has 0 unspecified atom stereocenters. The lowest BCUT2D eigenvalue weighted by atomic mass is 10.3. The molecule has 8 heteroatoms. The Morgan fingerprint density at radius 1 is 1.08 bits per heavy atom. The van der Waals surface area contributed by atoms with Gasteiger partial charge >= 0.3 is 0 Å². The molecule has 1 aromatic carbocycles. The van der Waals surface area contributed by atoms with E-state index in [0.29, 0.717) is 25.5 Å². The second kappa shape index (κ2) is 7.71. The van der Waals surface area contributed by atoms with Crippen molar-refractivity contribution in [1.29, 1.82) is 0 Å². The van der Waals surface area contributed by atoms with Crippen LogP contribution in [0.5, 0.6) is 0 Å². The Labute approximate surface area is 145 Å². The number of primary amides is 1. The topological polar surface area (TPSA) is 104 Å². The molecule has 2 aromatic rings. The van der Waals surface area contributed by atoms with Crippen molar-refractivity contribution in [3.63, 3.8) is 0 Å². The zero-order valence-electron chi connectivity index (χ0n) is 13.8. The first kappa shape index (κ1) is 16.8. The summed E-state index contributed by atoms with van der Waals surface area (Å²) in [5.41, 5.74) is 6.19. The van der Waals surface area contributed by atoms with E-state index in [4.69, 9.17) is 5.73 Å². The second-order valence-electron chi connectivity index (χ2n) is 5.80. The molecule has 0 bridgehead atoms. The van der Waals surface area contributed by atoms with Gasteiger partial charge in [0.05, 0.1) is 18.9 Å². The predicted octanol–water partition coefficient (Wildman–Crippen LogP) is 0.336. The number of rotatable bonds is 5. The van der Waals surface area contributed by atoms with E-state index in [0.717, 1.165) is 18.8 Å². The molecule has 0 atom stereocenters. The average molecular weight is 340 g/mol. The number of para-hydroxylation sites is 1. The molecule has 1 saturated heterocycles. The minimum absolute atomic E-state index is 0.0323. The third kappa shape index (κ3) is 4.51. The van der Waals surface area contributed by atoms with E-state index < -0.39 is 5.91 Å². The number of piperazine rings is 1. The number of aromatic nitrogens is 2. The fourth-order valence-corrected chi connectivity index (χ4v) is 2.69. The lowest BCUT2D eigenvalue weighted by Gasteiger charge is -2.34. The van der Waals surface area contributed by atoms with Crippen molar-refractivity contribution in [3.8, 4) is 0 Å². The highest BCUT2D eigenvalue weighted by molar-refractivity contribution is 5.92. The van der Waals surface area contributed by atoms with Crippen LogP contribution < -0.4 is 16.0 Å². The fraction of sp³-hybridized carbons (Fsp3) is 0.294. The van der Waals surface area contributed by atoms with E-state index in [2.05, 4.69) is 20.2 Å². The normalized spacial score (nSPS) is 15.0. The summed E-state index contributed by atoms with van der Waals surface area (Å²) in [6.45, 7) is 3.20. The summed E-state index contributed by atoms with van der Waals surface area (Å²) in [5.74, 6) is 0.00502. The molecule has 2 heterocycles. The fourth-order valence-electron chi connectivity index (χ4n) is 2.69. The SMILES string of the molecule is NC(=O)c1cncc(N2CCN(CC(=O)Nc3ccccc3)CC2)n1. The van der Waals surface area contributed by atoms with Gasteiger partial charge in [0.25, 0.3) is 5.91 Å². The molecule has 0 spiro atoms. The molecule has 3 rings (SSSR count). The van der Waals surface area contributed by atoms with Gasteiger partial charge in [0.15, 0.2) is 0 Å². The van der Waals surface area contributed by atoms with Crippen molar-refractivity contribution in [3.05, 3.63) is 48.4 Å². The van der Waals surface area contributed by atoms with Crippen LogP contribution >= 0.6 is 0 Å². The summed E-state index contributed by atoms with van der Waals surface area (Å²) in [6, 6.07) is 9.40. The van der Waals surface area contributed by atoms with Crippen LogP contribution in [0.25, 0.3) is 0 Å². The number of nitrogens with two attached hydrogens (primary N) is 1. The number of anilines is 2. The molecule has 1 aliphatic rings. The van der Waals surface area contributed by atoms with Gasteiger partial charge < -0.3 is 16.0 Å². The first-order chi connectivity index (χ1) is 12.1. The van der Waals surface area contributed by atoms with Crippen molar-refractivity contribution in [1.82, 2.24) is 14.9 Å². The van der Waals surface area contributed by atoms with Crippen LogP contribution in [0.2, 0.25) is 0 Å². The number of hydrogen-bond donors (Lipinski definition) is 2. The molecule has 0 aliphatic carbocycles. The van der Waals surface area contributed by atoms with Crippen LogP contribution in [0.15, 0.2) is 42.7 Å². The van der Waals surface area contributed by atoms with Crippen LogP contribution in [-0.4, -0.2) is 59.4 Å². The van der Waals surface area contributed by atoms with E-state index in [1.807, 2.05) is 35.2 Å². The third-order valence-electron chi connectivity index (χ3n) is 4.00. The number of amides is 2. The maximum Gasteiger partial charge on any atom is 0.268 e. The summed E-state index contributed by atoms with van der Waals surface area (Å²) in [6.07, 6.45) is 2.97. The predicted molar refractivity (Wildman–Crippen MR) is 94.3 cm³/mol. The van der Waals surface area contributed by atoms with Gasteiger partial charge in [0.2, 0.25) is 5.91 Å². The van der Waals surface area contributed by atoms with E-state index in [-0.39, 0.29) is 11.6 Å². The first-order valence-corrected chi connectivity index (χ1v) is 8.06. The molecule has 1 aliphatic heterocycles. The molecule has 0 saturated carbocycles. The Bertz CT molecular complexity index is 744. The Kier molecular flexibility index (Phi) is 5.20. The van der Waals surface area contributed by atoms with Gasteiger partial charge in [0, 0.05) is 31.9 Å². The minimum Gasteiger partial charge on any atom is -0.364 e. The minimum atomic E-state index is -0.592. The number of hydrogen-bond acceptors (Lipinski definition) is 6. The zero-order valence-corrected chi connectivity index (χ0v) is 13.8. The Balaban J connectivity index is 1.51. The van der Waals surface area contributed by atoms with Gasteiger partial charge in [-0.1, -0.05) is 18.2 Å². The van der Waals surface area contributed by atoms with Gasteiger partial charge in [-0.05, 0) is 12.1 Å². The number of carbonyl (C=O) groups excluding carboxylic acids is 2. The molecule has 25 heavy (non-hydrogen) atoms. The van der Waals surface area contributed by atoms with Gasteiger partial charge in [0.1, 0.15) is 11.5 Å². The number of nitrogens with zero attached hydrogens (tertiary/aromatic N) is 4. The Morgan fingerprint density at radius 2 is 1.80 bits per heavy atom. The van der Waals surface area contributed by atoms with E-state index in [1.54, 1.807) is 6.20 Å². The molecule has 3 N–H and O–H groups in total. The quantitative estimate of drug-likeness (QED) is 0.813. The molecule has 1 fully saturated rings. The highest BCUT2D eigenvalue weighted by atomic mass is 16.2. The summed E-state index contributed by atoms with van der Waals surface area (Å²) in [7, 11) is 0. The number of nitrogens with one attached hydrogen (secondary N) is 1. The van der Waals surface area contributed by atoms with E-state index >= 15 is 0 Å². The molecule has 2 amide bonds. The molecule has 8 nitrogen and oxygen atoms in total. The monoisotopic (exact) mass is 340 g/mol. The largest absolute Gasteiger partial charge is 0.364 e. The van der Waals surface area contributed by atoms with Crippen LogP contribution in [0.1, 0.15) is 10.5 Å². The molecule has 0 radical (unpaired) electrons. The highest BCUT2D eigenvalue weighted by Gasteiger charge is 2.20. The van der Waals surface area contributed by atoms with Gasteiger partial charge in [-0.15, -0.1) is 0 Å². The maximum absolute atomic E-state index is 12.1. The summed E-state index contributed by atoms with van der Waals surface area (Å²) in [4.78, 5) is 35.7. The summed E-state index contributed by atoms with van der Waals surface area (Å²) >= 11 is 0. The van der Waals surface area contributed by atoms with Crippen molar-refractivity contribution < 1.29 is 9.59 Å². The van der Waals surface area contributed by atoms with Crippen molar-refractivity contribution >= 4 is 23.3 Å². The van der Waals surface area contributed by atoms with E-state index in [9.17, 15) is 9.59 Å². The molecular weight excluding hydrogens is 320 g/mol. The van der Waals surface area contributed by atoms with Crippen LogP contribution in [0, 0.1) is 0 Å². The lowest BCUT2D eigenvalue weighted by Crippen LogP contribution is -2.49. The van der Waals surface area contributed by atoms with Crippen LogP contribution in [0.4, 0.5) is 11.5 Å². The van der Waals surface area contributed by atoms with Crippen LogP contribution in [0.3, 0.4) is 0 Å². The standard InChI is InChI=1S/C17H20N6O2/c18-17(25)14-10-19-11-15(21-14)23-8-6-22(7-9-23)12-16(24)20-13-4-2-1-3-5-13/h1-5,10-11H,6-9,12H2,(H2,18,25)(H,20,24). The Morgan fingerprint density at radius 3 is 2.48 bits per heavy atom. The summed E-state index contributed by atoms with van der Waals surface area (Å²) < 4.78 is 0. The molecule has 130 valence electrons. The van der Waals surface area contributed by atoms with Crippen LogP contribution in [-0.2, 0) is 4.79 Å². The average Bonchev–Trinajstić information content (AvgIpc) is 2.63. The van der Waals surface area contributed by atoms with Gasteiger partial charge in [-0.25, -0.2) is 4.98 Å². The van der Waals surface area contributed by atoms with Crippen molar-refractivity contribution in [2.75, 3.05) is 42.9 Å².